The molecule has 1 fully saturated rings. The van der Waals surface area contributed by atoms with Gasteiger partial charge in [-0.3, -0.25) is 0 Å². The molecule has 0 aliphatic heterocycles. The van der Waals surface area contributed by atoms with Crippen LogP contribution in [-0.4, -0.2) is 29.2 Å². The highest BCUT2D eigenvalue weighted by Gasteiger charge is 2.33. The van der Waals surface area contributed by atoms with Crippen LogP contribution in [0.5, 0.6) is 5.75 Å². The molecule has 1 saturated carbocycles. The summed E-state index contributed by atoms with van der Waals surface area (Å²) in [5.74, 6) is 0.783. The third-order valence-corrected chi connectivity index (χ3v) is 4.63. The number of nitrogens with one attached hydrogen (secondary N) is 1. The van der Waals surface area contributed by atoms with E-state index in [4.69, 9.17) is 9.26 Å². The molecule has 28 heavy (non-hydrogen) atoms. The number of hydrogen-bond donors (Lipinski definition) is 1. The Kier molecular flexibility index (Phi) is 4.97. The number of halogens is 1. The van der Waals surface area contributed by atoms with Gasteiger partial charge in [0.1, 0.15) is 17.3 Å². The number of hydrogen-bond acceptors (Lipinski definition) is 4. The molecular weight excluding hydrogens is 361 g/mol. The summed E-state index contributed by atoms with van der Waals surface area (Å²) in [6, 6.07) is 15.2. The quantitative estimate of drug-likeness (QED) is 0.673. The molecule has 1 aliphatic rings. The van der Waals surface area contributed by atoms with Gasteiger partial charge in [-0.15, -0.1) is 0 Å². The number of carbonyl (C=O) groups is 1. The van der Waals surface area contributed by atoms with Crippen LogP contribution in [-0.2, 0) is 6.54 Å². The monoisotopic (exact) mass is 381 g/mol. The number of amides is 2. The normalized spacial score (nSPS) is 13.2. The molecule has 0 bridgehead atoms. The van der Waals surface area contributed by atoms with Crippen LogP contribution in [0.2, 0.25) is 0 Å². The number of methoxy groups -OCH3 is 1. The van der Waals surface area contributed by atoms with Crippen molar-refractivity contribution in [2.45, 2.75) is 25.4 Å². The molecular formula is C21H20FN3O3. The van der Waals surface area contributed by atoms with Gasteiger partial charge in [0, 0.05) is 12.1 Å². The number of anilines is 1. The first-order valence-electron chi connectivity index (χ1n) is 9.07. The second kappa shape index (κ2) is 7.72. The molecule has 0 saturated heterocycles. The number of carbonyl (C=O) groups excluding carboxylic acids is 1. The lowest BCUT2D eigenvalue weighted by molar-refractivity contribution is 0.204. The smallest absolute Gasteiger partial charge is 0.322 e. The fourth-order valence-corrected chi connectivity index (χ4v) is 3.04. The zero-order valence-corrected chi connectivity index (χ0v) is 15.4. The third-order valence-electron chi connectivity index (χ3n) is 4.63. The van der Waals surface area contributed by atoms with E-state index in [1.807, 2.05) is 24.3 Å². The van der Waals surface area contributed by atoms with Crippen LogP contribution in [0.4, 0.5) is 14.9 Å². The number of rotatable bonds is 6. The Balaban J connectivity index is 1.51. The summed E-state index contributed by atoms with van der Waals surface area (Å²) in [6.45, 7) is 0.281. The predicted molar refractivity (Wildman–Crippen MR) is 102 cm³/mol. The Hall–Kier alpha value is -3.35. The lowest BCUT2D eigenvalue weighted by Crippen LogP contribution is -2.36. The first-order chi connectivity index (χ1) is 13.7. The van der Waals surface area contributed by atoms with Crippen molar-refractivity contribution >= 4 is 11.7 Å². The van der Waals surface area contributed by atoms with E-state index in [-0.39, 0.29) is 24.3 Å². The molecule has 6 nitrogen and oxygen atoms in total. The van der Waals surface area contributed by atoms with Crippen molar-refractivity contribution in [3.05, 3.63) is 66.1 Å². The molecule has 1 heterocycles. The standard InChI is InChI=1S/C21H20FN3O3/c1-27-19-9-5-2-6-16(19)20-12-14(24-28-20)13-25(15-10-11-15)21(26)23-18-8-4-3-7-17(18)22/h2-9,12,15H,10-11,13H2,1H3,(H,23,26). The van der Waals surface area contributed by atoms with E-state index >= 15 is 0 Å². The second-order valence-corrected chi connectivity index (χ2v) is 6.65. The fourth-order valence-electron chi connectivity index (χ4n) is 3.04. The van der Waals surface area contributed by atoms with Gasteiger partial charge in [-0.1, -0.05) is 29.4 Å². The SMILES string of the molecule is COc1ccccc1-c1cc(CN(C(=O)Nc2ccccc2F)C2CC2)no1. The molecule has 1 aromatic heterocycles. The maximum absolute atomic E-state index is 13.8. The lowest BCUT2D eigenvalue weighted by Gasteiger charge is -2.21. The maximum atomic E-state index is 13.8. The minimum atomic E-state index is -0.466. The van der Waals surface area contributed by atoms with Crippen molar-refractivity contribution in [2.75, 3.05) is 12.4 Å². The molecule has 0 atom stereocenters. The number of urea groups is 1. The molecule has 2 aromatic carbocycles. The Morgan fingerprint density at radius 1 is 1.25 bits per heavy atom. The van der Waals surface area contributed by atoms with E-state index in [2.05, 4.69) is 10.5 Å². The van der Waals surface area contributed by atoms with E-state index in [0.717, 1.165) is 18.4 Å². The maximum Gasteiger partial charge on any atom is 0.322 e. The van der Waals surface area contributed by atoms with Gasteiger partial charge in [0.2, 0.25) is 0 Å². The highest BCUT2D eigenvalue weighted by molar-refractivity contribution is 5.89. The average molecular weight is 381 g/mol. The molecule has 0 radical (unpaired) electrons. The van der Waals surface area contributed by atoms with Gasteiger partial charge < -0.3 is 19.5 Å². The number of aromatic nitrogens is 1. The Labute approximate surface area is 161 Å². The van der Waals surface area contributed by atoms with Crippen LogP contribution in [0, 0.1) is 5.82 Å². The molecule has 3 aromatic rings. The summed E-state index contributed by atoms with van der Waals surface area (Å²) >= 11 is 0. The van der Waals surface area contributed by atoms with Crippen LogP contribution in [0.3, 0.4) is 0 Å². The summed E-state index contributed by atoms with van der Waals surface area (Å²) in [4.78, 5) is 14.4. The zero-order valence-electron chi connectivity index (χ0n) is 15.4. The van der Waals surface area contributed by atoms with E-state index in [9.17, 15) is 9.18 Å². The Morgan fingerprint density at radius 2 is 2.00 bits per heavy atom. The van der Waals surface area contributed by atoms with Gasteiger partial charge >= 0.3 is 6.03 Å². The molecule has 0 spiro atoms. The molecule has 1 N–H and O–H groups in total. The topological polar surface area (TPSA) is 67.6 Å². The minimum absolute atomic E-state index is 0.123. The number of nitrogens with zero attached hydrogens (tertiary/aromatic N) is 2. The van der Waals surface area contributed by atoms with Crippen molar-refractivity contribution < 1.29 is 18.4 Å². The summed E-state index contributed by atoms with van der Waals surface area (Å²) in [7, 11) is 1.60. The van der Waals surface area contributed by atoms with Gasteiger partial charge in [0.05, 0.1) is 24.9 Å². The molecule has 2 amide bonds. The van der Waals surface area contributed by atoms with Crippen molar-refractivity contribution in [2.24, 2.45) is 0 Å². The molecule has 7 heteroatoms. The third kappa shape index (κ3) is 3.83. The largest absolute Gasteiger partial charge is 0.496 e. The van der Waals surface area contributed by atoms with E-state index in [1.54, 1.807) is 30.2 Å². The average Bonchev–Trinajstić information content (AvgIpc) is 3.45. The van der Waals surface area contributed by atoms with Crippen LogP contribution >= 0.6 is 0 Å². The van der Waals surface area contributed by atoms with Gasteiger partial charge in [-0.05, 0) is 37.1 Å². The van der Waals surface area contributed by atoms with Crippen molar-refractivity contribution in [3.8, 4) is 17.1 Å². The summed E-state index contributed by atoms with van der Waals surface area (Å²) in [5.41, 5.74) is 1.57. The van der Waals surface area contributed by atoms with Crippen molar-refractivity contribution in [3.63, 3.8) is 0 Å². The fraction of sp³-hybridized carbons (Fsp3) is 0.238. The van der Waals surface area contributed by atoms with Crippen LogP contribution in [0.25, 0.3) is 11.3 Å². The zero-order chi connectivity index (χ0) is 19.5. The number of benzene rings is 2. The van der Waals surface area contributed by atoms with E-state index in [0.29, 0.717) is 17.2 Å². The van der Waals surface area contributed by atoms with Gasteiger partial charge in [-0.2, -0.15) is 0 Å². The van der Waals surface area contributed by atoms with Crippen LogP contribution in [0.1, 0.15) is 18.5 Å². The Bertz CT molecular complexity index is 984. The molecule has 1 aliphatic carbocycles. The van der Waals surface area contributed by atoms with Crippen LogP contribution in [0.15, 0.2) is 59.1 Å². The van der Waals surface area contributed by atoms with Gasteiger partial charge in [0.15, 0.2) is 5.76 Å². The van der Waals surface area contributed by atoms with Crippen LogP contribution < -0.4 is 10.1 Å². The van der Waals surface area contributed by atoms with E-state index < -0.39 is 5.82 Å². The van der Waals surface area contributed by atoms with Gasteiger partial charge in [-0.25, -0.2) is 9.18 Å². The summed E-state index contributed by atoms with van der Waals surface area (Å²) < 4.78 is 24.7. The Morgan fingerprint density at radius 3 is 2.75 bits per heavy atom. The number of para-hydroxylation sites is 2. The van der Waals surface area contributed by atoms with Crippen molar-refractivity contribution in [1.82, 2.24) is 10.1 Å². The van der Waals surface area contributed by atoms with E-state index in [1.165, 1.54) is 12.1 Å². The summed E-state index contributed by atoms with van der Waals surface area (Å²) in [5, 5.41) is 6.74. The molecule has 0 unspecified atom stereocenters. The minimum Gasteiger partial charge on any atom is -0.496 e. The molecule has 144 valence electrons. The van der Waals surface area contributed by atoms with Gasteiger partial charge in [0.25, 0.3) is 0 Å². The highest BCUT2D eigenvalue weighted by atomic mass is 19.1. The second-order valence-electron chi connectivity index (χ2n) is 6.65. The first-order valence-corrected chi connectivity index (χ1v) is 9.07. The number of ether oxygens (including phenoxy) is 1. The summed E-state index contributed by atoms with van der Waals surface area (Å²) in [6.07, 6.45) is 1.84. The molecule has 4 rings (SSSR count). The highest BCUT2D eigenvalue weighted by Crippen LogP contribution is 2.32. The predicted octanol–water partition coefficient (Wildman–Crippen LogP) is 4.69. The lowest BCUT2D eigenvalue weighted by atomic mass is 10.1. The van der Waals surface area contributed by atoms with Crippen molar-refractivity contribution in [1.29, 1.82) is 0 Å². The first kappa shape index (κ1) is 18.0.